The standard InChI is InChI=1S/C17H21NO/c1-3-6-13-14-9-5-8-12-10-11-18(16(12)14)17(19)15(13)7-4-2/h5,8-9H,3-4,6-7,10-11H2,1-2H3. The number of hydrogen-bond acceptors (Lipinski definition) is 1. The molecule has 0 saturated carbocycles. The van der Waals surface area contributed by atoms with Crippen LogP contribution in [0.3, 0.4) is 0 Å². The van der Waals surface area contributed by atoms with Gasteiger partial charge in [-0.05, 0) is 30.4 Å². The molecular formula is C17H21NO. The number of aryl methyl sites for hydroxylation is 3. The Labute approximate surface area is 114 Å². The lowest BCUT2D eigenvalue weighted by atomic mass is 9.95. The van der Waals surface area contributed by atoms with Gasteiger partial charge in [0, 0.05) is 17.5 Å². The zero-order valence-electron chi connectivity index (χ0n) is 11.8. The summed E-state index contributed by atoms with van der Waals surface area (Å²) in [5.74, 6) is 0. The van der Waals surface area contributed by atoms with Crippen molar-refractivity contribution in [1.82, 2.24) is 4.57 Å². The zero-order chi connectivity index (χ0) is 13.4. The summed E-state index contributed by atoms with van der Waals surface area (Å²) in [4.78, 5) is 12.7. The maximum atomic E-state index is 12.7. The summed E-state index contributed by atoms with van der Waals surface area (Å²) < 4.78 is 2.01. The van der Waals surface area contributed by atoms with Crippen LogP contribution < -0.4 is 5.56 Å². The van der Waals surface area contributed by atoms with E-state index in [1.54, 1.807) is 0 Å². The van der Waals surface area contributed by atoms with Gasteiger partial charge in [0.1, 0.15) is 0 Å². The molecule has 0 bridgehead atoms. The molecule has 0 N–H and O–H groups in total. The lowest BCUT2D eigenvalue weighted by Crippen LogP contribution is -2.24. The summed E-state index contributed by atoms with van der Waals surface area (Å²) in [6.45, 7) is 5.20. The van der Waals surface area contributed by atoms with Gasteiger partial charge in [-0.2, -0.15) is 0 Å². The van der Waals surface area contributed by atoms with E-state index in [1.165, 1.54) is 22.0 Å². The molecule has 2 heterocycles. The van der Waals surface area contributed by atoms with Crippen molar-refractivity contribution in [2.75, 3.05) is 0 Å². The van der Waals surface area contributed by atoms with Gasteiger partial charge in [0.25, 0.3) is 5.56 Å². The Balaban J connectivity index is 2.40. The summed E-state index contributed by atoms with van der Waals surface area (Å²) in [6, 6.07) is 6.51. The van der Waals surface area contributed by atoms with Gasteiger partial charge in [-0.25, -0.2) is 0 Å². The van der Waals surface area contributed by atoms with E-state index in [0.29, 0.717) is 0 Å². The summed E-state index contributed by atoms with van der Waals surface area (Å²) in [5, 5.41) is 1.32. The van der Waals surface area contributed by atoms with E-state index in [-0.39, 0.29) is 5.56 Å². The lowest BCUT2D eigenvalue weighted by Gasteiger charge is -2.14. The third-order valence-electron chi connectivity index (χ3n) is 4.19. The average Bonchev–Trinajstić information content (AvgIpc) is 2.85. The van der Waals surface area contributed by atoms with Gasteiger partial charge in [0.2, 0.25) is 0 Å². The molecule has 0 spiro atoms. The molecular weight excluding hydrogens is 234 g/mol. The molecule has 1 aromatic heterocycles. The first-order chi connectivity index (χ1) is 9.27. The van der Waals surface area contributed by atoms with Crippen molar-refractivity contribution in [3.05, 3.63) is 45.2 Å². The van der Waals surface area contributed by atoms with Gasteiger partial charge < -0.3 is 4.57 Å². The normalized spacial score (nSPS) is 13.4. The smallest absolute Gasteiger partial charge is 0.254 e. The van der Waals surface area contributed by atoms with Crippen LogP contribution >= 0.6 is 0 Å². The lowest BCUT2D eigenvalue weighted by molar-refractivity contribution is 0.720. The van der Waals surface area contributed by atoms with Crippen LogP contribution in [0.15, 0.2) is 23.0 Å². The predicted octanol–water partition coefficient (Wildman–Crippen LogP) is 3.46. The minimum absolute atomic E-state index is 0.266. The predicted molar refractivity (Wildman–Crippen MR) is 79.9 cm³/mol. The molecule has 1 aliphatic heterocycles. The Bertz CT molecular complexity index is 682. The first-order valence-corrected chi connectivity index (χ1v) is 7.44. The van der Waals surface area contributed by atoms with E-state index >= 15 is 0 Å². The topological polar surface area (TPSA) is 22.0 Å². The van der Waals surface area contributed by atoms with Gasteiger partial charge in [-0.15, -0.1) is 0 Å². The second-order valence-corrected chi connectivity index (χ2v) is 5.48. The highest BCUT2D eigenvalue weighted by atomic mass is 16.1. The number of aromatic nitrogens is 1. The molecule has 0 unspecified atom stereocenters. The number of pyridine rings is 1. The van der Waals surface area contributed by atoms with Crippen LogP contribution in [0.25, 0.3) is 10.9 Å². The average molecular weight is 255 g/mol. The molecule has 0 radical (unpaired) electrons. The summed E-state index contributed by atoms with van der Waals surface area (Å²) in [5.41, 5.74) is 5.19. The highest BCUT2D eigenvalue weighted by molar-refractivity contribution is 5.87. The fourth-order valence-corrected chi connectivity index (χ4v) is 3.40. The number of hydrogen-bond donors (Lipinski definition) is 0. The molecule has 1 aromatic carbocycles. The van der Waals surface area contributed by atoms with Gasteiger partial charge >= 0.3 is 0 Å². The van der Waals surface area contributed by atoms with E-state index in [0.717, 1.165) is 44.2 Å². The maximum absolute atomic E-state index is 12.7. The first kappa shape index (κ1) is 12.5. The van der Waals surface area contributed by atoms with Crippen molar-refractivity contribution in [2.45, 2.75) is 52.5 Å². The van der Waals surface area contributed by atoms with Crippen molar-refractivity contribution < 1.29 is 0 Å². The molecule has 0 fully saturated rings. The molecule has 19 heavy (non-hydrogen) atoms. The van der Waals surface area contributed by atoms with Crippen LogP contribution in [0.1, 0.15) is 43.4 Å². The molecule has 2 aromatic rings. The second-order valence-electron chi connectivity index (χ2n) is 5.48. The summed E-state index contributed by atoms with van der Waals surface area (Å²) in [6.07, 6.45) is 5.07. The van der Waals surface area contributed by atoms with Crippen LogP contribution in [-0.4, -0.2) is 4.57 Å². The van der Waals surface area contributed by atoms with E-state index in [9.17, 15) is 4.79 Å². The molecule has 100 valence electrons. The van der Waals surface area contributed by atoms with Crippen LogP contribution in [0.2, 0.25) is 0 Å². The molecule has 0 atom stereocenters. The summed E-state index contributed by atoms with van der Waals surface area (Å²) in [7, 11) is 0. The van der Waals surface area contributed by atoms with Crippen molar-refractivity contribution in [3.8, 4) is 0 Å². The van der Waals surface area contributed by atoms with Crippen LogP contribution in [0.5, 0.6) is 0 Å². The Morgan fingerprint density at radius 1 is 1.11 bits per heavy atom. The van der Waals surface area contributed by atoms with E-state index in [2.05, 4.69) is 32.0 Å². The van der Waals surface area contributed by atoms with Crippen molar-refractivity contribution in [2.24, 2.45) is 0 Å². The second kappa shape index (κ2) is 4.84. The van der Waals surface area contributed by atoms with Crippen molar-refractivity contribution in [1.29, 1.82) is 0 Å². The third-order valence-corrected chi connectivity index (χ3v) is 4.19. The minimum atomic E-state index is 0.266. The van der Waals surface area contributed by atoms with Crippen molar-refractivity contribution in [3.63, 3.8) is 0 Å². The van der Waals surface area contributed by atoms with Gasteiger partial charge in [-0.3, -0.25) is 4.79 Å². The molecule has 1 aliphatic rings. The Kier molecular flexibility index (Phi) is 3.17. The third kappa shape index (κ3) is 1.81. The number of nitrogens with zero attached hydrogens (tertiary/aromatic N) is 1. The molecule has 0 amide bonds. The maximum Gasteiger partial charge on any atom is 0.254 e. The largest absolute Gasteiger partial charge is 0.307 e. The van der Waals surface area contributed by atoms with Gasteiger partial charge in [-0.1, -0.05) is 44.9 Å². The molecule has 0 saturated heterocycles. The minimum Gasteiger partial charge on any atom is -0.307 e. The van der Waals surface area contributed by atoms with Gasteiger partial charge in [0.15, 0.2) is 0 Å². The van der Waals surface area contributed by atoms with Crippen LogP contribution in [-0.2, 0) is 25.8 Å². The summed E-state index contributed by atoms with van der Waals surface area (Å²) >= 11 is 0. The monoisotopic (exact) mass is 255 g/mol. The fourth-order valence-electron chi connectivity index (χ4n) is 3.40. The molecule has 3 rings (SSSR count). The Hall–Kier alpha value is -1.57. The number of benzene rings is 1. The highest BCUT2D eigenvalue weighted by Crippen LogP contribution is 2.29. The SMILES string of the molecule is CCCc1c(CCC)c2cccc3c2n(c1=O)CC3. The van der Waals surface area contributed by atoms with E-state index < -0.39 is 0 Å². The van der Waals surface area contributed by atoms with E-state index in [4.69, 9.17) is 0 Å². The van der Waals surface area contributed by atoms with Crippen molar-refractivity contribution >= 4 is 10.9 Å². The van der Waals surface area contributed by atoms with Crippen LogP contribution in [0.4, 0.5) is 0 Å². The Morgan fingerprint density at radius 3 is 2.58 bits per heavy atom. The number of para-hydroxylation sites is 1. The molecule has 2 heteroatoms. The first-order valence-electron chi connectivity index (χ1n) is 7.44. The number of rotatable bonds is 4. The zero-order valence-corrected chi connectivity index (χ0v) is 11.8. The van der Waals surface area contributed by atoms with Crippen LogP contribution in [0, 0.1) is 0 Å². The quantitative estimate of drug-likeness (QED) is 0.820. The molecule has 2 nitrogen and oxygen atoms in total. The molecule has 0 aliphatic carbocycles. The Morgan fingerprint density at radius 2 is 1.84 bits per heavy atom. The van der Waals surface area contributed by atoms with Gasteiger partial charge in [0.05, 0.1) is 5.52 Å². The van der Waals surface area contributed by atoms with E-state index in [1.807, 2.05) is 4.57 Å². The highest BCUT2D eigenvalue weighted by Gasteiger charge is 2.21. The fraction of sp³-hybridized carbons (Fsp3) is 0.471.